The van der Waals surface area contributed by atoms with Crippen LogP contribution in [0.1, 0.15) is 27.7 Å². The zero-order chi connectivity index (χ0) is 18.4. The third-order valence-electron chi connectivity index (χ3n) is 4.47. The third-order valence-corrected chi connectivity index (χ3v) is 5.21. The van der Waals surface area contributed by atoms with Crippen molar-refractivity contribution in [3.63, 3.8) is 0 Å². The van der Waals surface area contributed by atoms with Gasteiger partial charge in [-0.1, -0.05) is 41.4 Å². The molecule has 4 rings (SSSR count). The maximum Gasteiger partial charge on any atom is 0.290 e. The molecule has 26 heavy (non-hydrogen) atoms. The molecule has 0 spiro atoms. The Morgan fingerprint density at radius 3 is 2.58 bits per heavy atom. The predicted octanol–water partition coefficient (Wildman–Crippen LogP) is 3.64. The van der Waals surface area contributed by atoms with E-state index in [-0.39, 0.29) is 29.9 Å². The van der Waals surface area contributed by atoms with E-state index >= 15 is 0 Å². The summed E-state index contributed by atoms with van der Waals surface area (Å²) in [5.41, 5.74) is 0.957. The summed E-state index contributed by atoms with van der Waals surface area (Å²) in [4.78, 5) is 27.3. The number of carbonyl (C=O) groups excluding carboxylic acids is 1. The van der Waals surface area contributed by atoms with Crippen LogP contribution < -0.4 is 5.43 Å². The van der Waals surface area contributed by atoms with E-state index in [1.54, 1.807) is 42.5 Å². The van der Waals surface area contributed by atoms with Crippen molar-refractivity contribution in [3.05, 3.63) is 79.6 Å². The van der Waals surface area contributed by atoms with Crippen molar-refractivity contribution in [3.8, 4) is 0 Å². The van der Waals surface area contributed by atoms with Gasteiger partial charge >= 0.3 is 0 Å². The van der Waals surface area contributed by atoms with E-state index in [0.29, 0.717) is 26.6 Å². The highest BCUT2D eigenvalue weighted by Crippen LogP contribution is 2.39. The Kier molecular flexibility index (Phi) is 4.23. The van der Waals surface area contributed by atoms with E-state index in [4.69, 9.17) is 27.6 Å². The van der Waals surface area contributed by atoms with Gasteiger partial charge in [-0.25, -0.2) is 0 Å². The van der Waals surface area contributed by atoms with Crippen molar-refractivity contribution < 1.29 is 14.3 Å². The average Bonchev–Trinajstić information content (AvgIpc) is 2.91. The molecular formula is C19H13Cl2NO4. The minimum atomic E-state index is -0.694. The Hall–Kier alpha value is -2.34. The molecule has 1 N–H and O–H groups in total. The fraction of sp³-hybridized carbons (Fsp3) is 0.158. The lowest BCUT2D eigenvalue weighted by Gasteiger charge is -2.24. The Balaban J connectivity index is 2.01. The van der Waals surface area contributed by atoms with Gasteiger partial charge in [0.2, 0.25) is 5.76 Å². The fourth-order valence-corrected chi connectivity index (χ4v) is 3.64. The lowest BCUT2D eigenvalue weighted by molar-refractivity contribution is 0.0691. The SMILES string of the molecule is O=C1c2oc3ccccc3c(=O)c2[C@@H](c2ccc(Cl)c(Cl)c2)N1CCO. The third kappa shape index (κ3) is 2.51. The van der Waals surface area contributed by atoms with Crippen molar-refractivity contribution in [2.24, 2.45) is 0 Å². The van der Waals surface area contributed by atoms with Crippen LogP contribution in [0.4, 0.5) is 0 Å². The van der Waals surface area contributed by atoms with Gasteiger partial charge in [0.25, 0.3) is 5.91 Å². The summed E-state index contributed by atoms with van der Waals surface area (Å²) in [7, 11) is 0. The van der Waals surface area contributed by atoms with Crippen molar-refractivity contribution in [1.82, 2.24) is 4.90 Å². The first-order valence-corrected chi connectivity index (χ1v) is 8.71. The van der Waals surface area contributed by atoms with Gasteiger partial charge in [0.05, 0.1) is 33.6 Å². The second kappa shape index (κ2) is 6.43. The number of fused-ring (bicyclic) bond motifs is 2. The zero-order valence-electron chi connectivity index (χ0n) is 13.4. The van der Waals surface area contributed by atoms with Gasteiger partial charge in [0, 0.05) is 6.54 Å². The summed E-state index contributed by atoms with van der Waals surface area (Å²) in [5, 5.41) is 10.5. The van der Waals surface area contributed by atoms with Crippen LogP contribution in [0.2, 0.25) is 10.0 Å². The maximum absolute atomic E-state index is 13.1. The normalized spacial score (nSPS) is 16.3. The molecule has 3 aromatic rings. The molecule has 2 heterocycles. The van der Waals surface area contributed by atoms with Gasteiger partial charge in [-0.3, -0.25) is 9.59 Å². The number of carbonyl (C=O) groups is 1. The van der Waals surface area contributed by atoms with E-state index in [1.807, 2.05) is 0 Å². The molecule has 0 aliphatic carbocycles. The van der Waals surface area contributed by atoms with Gasteiger partial charge in [-0.15, -0.1) is 0 Å². The van der Waals surface area contributed by atoms with Crippen molar-refractivity contribution in [1.29, 1.82) is 0 Å². The molecule has 132 valence electrons. The van der Waals surface area contributed by atoms with Crippen molar-refractivity contribution in [2.45, 2.75) is 6.04 Å². The molecule has 1 amide bonds. The lowest BCUT2D eigenvalue weighted by Crippen LogP contribution is -2.32. The van der Waals surface area contributed by atoms with Crippen LogP contribution in [0.5, 0.6) is 0 Å². The van der Waals surface area contributed by atoms with Crippen LogP contribution in [-0.4, -0.2) is 29.1 Å². The molecule has 2 aromatic carbocycles. The van der Waals surface area contributed by atoms with Crippen molar-refractivity contribution >= 4 is 40.1 Å². The van der Waals surface area contributed by atoms with Gasteiger partial charge in [-0.2, -0.15) is 0 Å². The number of aliphatic hydroxyl groups excluding tert-OH is 1. The van der Waals surface area contributed by atoms with Crippen LogP contribution in [0.25, 0.3) is 11.0 Å². The lowest BCUT2D eigenvalue weighted by atomic mass is 9.98. The highest BCUT2D eigenvalue weighted by Gasteiger charge is 2.42. The van der Waals surface area contributed by atoms with E-state index < -0.39 is 11.9 Å². The Morgan fingerprint density at radius 1 is 1.08 bits per heavy atom. The highest BCUT2D eigenvalue weighted by atomic mass is 35.5. The van der Waals surface area contributed by atoms with Crippen LogP contribution >= 0.6 is 23.2 Å². The zero-order valence-corrected chi connectivity index (χ0v) is 14.9. The fourth-order valence-electron chi connectivity index (χ4n) is 3.33. The van der Waals surface area contributed by atoms with Crippen LogP contribution in [0.15, 0.2) is 51.7 Å². The summed E-state index contributed by atoms with van der Waals surface area (Å²) >= 11 is 12.1. The van der Waals surface area contributed by atoms with Gasteiger partial charge < -0.3 is 14.4 Å². The molecule has 0 saturated carbocycles. The van der Waals surface area contributed by atoms with Gasteiger partial charge in [-0.05, 0) is 29.8 Å². The molecule has 1 aliphatic heterocycles. The predicted molar refractivity (Wildman–Crippen MR) is 98.9 cm³/mol. The monoisotopic (exact) mass is 389 g/mol. The summed E-state index contributed by atoms with van der Waals surface area (Å²) in [5.74, 6) is -0.439. The first-order chi connectivity index (χ1) is 12.5. The molecule has 0 saturated heterocycles. The molecule has 0 unspecified atom stereocenters. The second-order valence-corrected chi connectivity index (χ2v) is 6.78. The molecule has 1 atom stereocenters. The molecule has 0 fully saturated rings. The number of halogens is 2. The Morgan fingerprint density at radius 2 is 1.85 bits per heavy atom. The molecule has 7 heteroatoms. The van der Waals surface area contributed by atoms with E-state index in [9.17, 15) is 14.7 Å². The topological polar surface area (TPSA) is 70.8 Å². The van der Waals surface area contributed by atoms with Crippen molar-refractivity contribution in [2.75, 3.05) is 13.2 Å². The van der Waals surface area contributed by atoms with Gasteiger partial charge in [0.1, 0.15) is 5.58 Å². The van der Waals surface area contributed by atoms with E-state index in [1.165, 1.54) is 4.90 Å². The smallest absolute Gasteiger partial charge is 0.290 e. The molecule has 5 nitrogen and oxygen atoms in total. The molecule has 0 radical (unpaired) electrons. The number of hydrogen-bond acceptors (Lipinski definition) is 4. The Bertz CT molecular complexity index is 1090. The molecule has 1 aliphatic rings. The van der Waals surface area contributed by atoms with E-state index in [2.05, 4.69) is 0 Å². The standard InChI is InChI=1S/C19H13Cl2NO4/c20-12-6-5-10(9-13(12)21)16-15-17(24)11-3-1-2-4-14(11)26-18(15)19(25)22(16)7-8-23/h1-6,9,16,23H,7-8H2/t16-/m1/s1. The number of hydrogen-bond donors (Lipinski definition) is 1. The number of β-amino-alcohol motifs (C(OH)–C–C–N with tert-alkyl or cyclic N) is 1. The number of amides is 1. The van der Waals surface area contributed by atoms with Crippen LogP contribution in [-0.2, 0) is 0 Å². The van der Waals surface area contributed by atoms with Crippen LogP contribution in [0, 0.1) is 0 Å². The number of rotatable bonds is 3. The summed E-state index contributed by atoms with van der Waals surface area (Å²) in [6.07, 6.45) is 0. The largest absolute Gasteiger partial charge is 0.450 e. The average molecular weight is 390 g/mol. The second-order valence-electron chi connectivity index (χ2n) is 5.97. The quantitative estimate of drug-likeness (QED) is 0.742. The van der Waals surface area contributed by atoms with Crippen LogP contribution in [0.3, 0.4) is 0 Å². The number of benzene rings is 2. The number of nitrogens with zero attached hydrogens (tertiary/aromatic N) is 1. The molecule has 0 bridgehead atoms. The van der Waals surface area contributed by atoms with E-state index in [0.717, 1.165) is 0 Å². The summed E-state index contributed by atoms with van der Waals surface area (Å²) in [6.45, 7) is -0.186. The minimum Gasteiger partial charge on any atom is -0.450 e. The summed E-state index contributed by atoms with van der Waals surface area (Å²) < 4.78 is 5.75. The van der Waals surface area contributed by atoms with Gasteiger partial charge in [0.15, 0.2) is 5.43 Å². The maximum atomic E-state index is 13.1. The Labute approximate surface area is 158 Å². The first kappa shape index (κ1) is 17.1. The number of para-hydroxylation sites is 1. The first-order valence-electron chi connectivity index (χ1n) is 7.95. The minimum absolute atomic E-state index is 0.00165. The molecular weight excluding hydrogens is 377 g/mol. The highest BCUT2D eigenvalue weighted by molar-refractivity contribution is 6.42. The number of aliphatic hydroxyl groups is 1. The molecule has 1 aromatic heterocycles. The summed E-state index contributed by atoms with van der Waals surface area (Å²) in [6, 6.07) is 11.0.